The van der Waals surface area contributed by atoms with Crippen LogP contribution in [0.3, 0.4) is 0 Å². The third kappa shape index (κ3) is 3.37. The van der Waals surface area contributed by atoms with Crippen LogP contribution in [-0.4, -0.2) is 11.8 Å². The summed E-state index contributed by atoms with van der Waals surface area (Å²) in [5, 5.41) is 2.75. The molecule has 1 N–H and O–H groups in total. The summed E-state index contributed by atoms with van der Waals surface area (Å²) in [6.07, 6.45) is 0.820. The van der Waals surface area contributed by atoms with Crippen molar-refractivity contribution in [3.8, 4) is 0 Å². The number of aryl methyl sites for hydroxylation is 1. The first-order chi connectivity index (χ1) is 8.69. The van der Waals surface area contributed by atoms with Crippen LogP contribution in [0.25, 0.3) is 0 Å². The van der Waals surface area contributed by atoms with Crippen LogP contribution in [0, 0.1) is 0 Å². The summed E-state index contributed by atoms with van der Waals surface area (Å²) >= 11 is 8.81. The summed E-state index contributed by atoms with van der Waals surface area (Å²) in [7, 11) is 0. The summed E-state index contributed by atoms with van der Waals surface area (Å²) in [4.78, 5) is 11.8. The predicted molar refractivity (Wildman–Crippen MR) is 75.2 cm³/mol. The van der Waals surface area contributed by atoms with Crippen molar-refractivity contribution in [3.63, 3.8) is 0 Å². The van der Waals surface area contributed by atoms with E-state index in [2.05, 4.69) is 21.2 Å². The van der Waals surface area contributed by atoms with Gasteiger partial charge in [0.2, 0.25) is 0 Å². The van der Waals surface area contributed by atoms with Crippen LogP contribution in [0.5, 0.6) is 0 Å². The zero-order valence-electron chi connectivity index (χ0n) is 9.45. The van der Waals surface area contributed by atoms with Crippen molar-refractivity contribution >= 4 is 39.1 Å². The summed E-state index contributed by atoms with van der Waals surface area (Å²) in [6, 6.07) is 10.9. The number of carbonyl (C=O) groups is 1. The summed E-state index contributed by atoms with van der Waals surface area (Å²) < 4.78 is 5.70. The number of carbonyl (C=O) groups excluding carboxylic acids is 1. The van der Waals surface area contributed by atoms with Crippen molar-refractivity contribution < 1.29 is 9.21 Å². The van der Waals surface area contributed by atoms with Gasteiger partial charge in [-0.3, -0.25) is 4.79 Å². The van der Waals surface area contributed by atoms with Gasteiger partial charge in [-0.05, 0) is 52.2 Å². The molecule has 0 fully saturated rings. The maximum Gasteiger partial charge on any atom is 0.291 e. The molecule has 0 spiro atoms. The van der Waals surface area contributed by atoms with Crippen molar-refractivity contribution in [2.45, 2.75) is 6.42 Å². The lowest BCUT2D eigenvalue weighted by atomic mass is 10.1. The van der Waals surface area contributed by atoms with E-state index in [1.165, 1.54) is 0 Å². The molecule has 0 aliphatic carbocycles. The van der Waals surface area contributed by atoms with Crippen molar-refractivity contribution in [2.75, 3.05) is 11.2 Å². The Morgan fingerprint density at radius 3 is 2.50 bits per heavy atom. The molecular formula is C13H11BrClNO2. The lowest BCUT2D eigenvalue weighted by Crippen LogP contribution is -2.10. The fourth-order valence-electron chi connectivity index (χ4n) is 1.49. The van der Waals surface area contributed by atoms with Gasteiger partial charge in [-0.15, -0.1) is 11.6 Å². The van der Waals surface area contributed by atoms with Gasteiger partial charge in [-0.25, -0.2) is 0 Å². The molecule has 0 saturated heterocycles. The first kappa shape index (κ1) is 13.2. The quantitative estimate of drug-likeness (QED) is 0.859. The molecule has 1 heterocycles. The van der Waals surface area contributed by atoms with Crippen molar-refractivity contribution in [1.29, 1.82) is 0 Å². The van der Waals surface area contributed by atoms with E-state index in [1.807, 2.05) is 24.3 Å². The molecule has 0 aliphatic heterocycles. The number of benzene rings is 1. The van der Waals surface area contributed by atoms with E-state index in [9.17, 15) is 4.79 Å². The molecule has 1 amide bonds. The highest BCUT2D eigenvalue weighted by molar-refractivity contribution is 9.10. The van der Waals surface area contributed by atoms with Crippen molar-refractivity contribution in [1.82, 2.24) is 0 Å². The van der Waals surface area contributed by atoms with Crippen LogP contribution >= 0.6 is 27.5 Å². The van der Waals surface area contributed by atoms with E-state index in [-0.39, 0.29) is 11.7 Å². The molecule has 1 aromatic heterocycles. The van der Waals surface area contributed by atoms with Crippen LogP contribution in [0.1, 0.15) is 16.1 Å². The molecule has 1 aromatic carbocycles. The Balaban J connectivity index is 2.03. The predicted octanol–water partition coefficient (Wildman–Crippen LogP) is 4.08. The van der Waals surface area contributed by atoms with E-state index in [1.54, 1.807) is 12.1 Å². The monoisotopic (exact) mass is 327 g/mol. The summed E-state index contributed by atoms with van der Waals surface area (Å²) in [5.41, 5.74) is 1.87. The number of anilines is 1. The highest BCUT2D eigenvalue weighted by Crippen LogP contribution is 2.16. The largest absolute Gasteiger partial charge is 0.444 e. The Kier molecular flexibility index (Phi) is 4.44. The average molecular weight is 329 g/mol. The molecular weight excluding hydrogens is 318 g/mol. The topological polar surface area (TPSA) is 42.2 Å². The Morgan fingerprint density at radius 2 is 1.94 bits per heavy atom. The lowest BCUT2D eigenvalue weighted by Gasteiger charge is -2.04. The molecule has 2 aromatic rings. The van der Waals surface area contributed by atoms with Gasteiger partial charge in [0, 0.05) is 11.6 Å². The standard InChI is InChI=1S/C13H11BrClNO2/c14-12-6-5-11(18-12)13(17)16-10-3-1-9(2-4-10)7-8-15/h1-6H,7-8H2,(H,16,17). The Labute approximate surface area is 118 Å². The van der Waals surface area contributed by atoms with Gasteiger partial charge in [0.15, 0.2) is 10.4 Å². The van der Waals surface area contributed by atoms with E-state index in [0.29, 0.717) is 10.5 Å². The number of hydrogen-bond donors (Lipinski definition) is 1. The van der Waals surface area contributed by atoms with Crippen LogP contribution < -0.4 is 5.32 Å². The molecule has 0 radical (unpaired) electrons. The number of hydrogen-bond acceptors (Lipinski definition) is 2. The smallest absolute Gasteiger partial charge is 0.291 e. The first-order valence-electron chi connectivity index (χ1n) is 5.40. The maximum absolute atomic E-state index is 11.8. The van der Waals surface area contributed by atoms with Gasteiger partial charge >= 0.3 is 0 Å². The SMILES string of the molecule is O=C(Nc1ccc(CCCl)cc1)c1ccc(Br)o1. The van der Waals surface area contributed by atoms with Crippen LogP contribution in [-0.2, 0) is 6.42 Å². The van der Waals surface area contributed by atoms with Gasteiger partial charge in [-0.1, -0.05) is 12.1 Å². The van der Waals surface area contributed by atoms with Crippen molar-refractivity contribution in [3.05, 3.63) is 52.4 Å². The van der Waals surface area contributed by atoms with Gasteiger partial charge < -0.3 is 9.73 Å². The minimum absolute atomic E-state index is 0.270. The second kappa shape index (κ2) is 6.07. The van der Waals surface area contributed by atoms with E-state index < -0.39 is 0 Å². The minimum atomic E-state index is -0.272. The summed E-state index contributed by atoms with van der Waals surface area (Å²) in [5.74, 6) is 0.587. The van der Waals surface area contributed by atoms with E-state index in [0.717, 1.165) is 17.7 Å². The number of halogens is 2. The summed E-state index contributed by atoms with van der Waals surface area (Å²) in [6.45, 7) is 0. The number of furan rings is 1. The van der Waals surface area contributed by atoms with Crippen LogP contribution in [0.4, 0.5) is 5.69 Å². The number of rotatable bonds is 4. The second-order valence-electron chi connectivity index (χ2n) is 3.69. The zero-order valence-corrected chi connectivity index (χ0v) is 11.8. The fraction of sp³-hybridized carbons (Fsp3) is 0.154. The van der Waals surface area contributed by atoms with Gasteiger partial charge in [0.25, 0.3) is 5.91 Å². The van der Waals surface area contributed by atoms with Gasteiger partial charge in [0.05, 0.1) is 0 Å². The lowest BCUT2D eigenvalue weighted by molar-refractivity contribution is 0.0995. The molecule has 0 saturated carbocycles. The normalized spacial score (nSPS) is 10.3. The third-order valence-corrected chi connectivity index (χ3v) is 3.01. The van der Waals surface area contributed by atoms with Crippen LogP contribution in [0.15, 0.2) is 45.5 Å². The zero-order chi connectivity index (χ0) is 13.0. The highest BCUT2D eigenvalue weighted by atomic mass is 79.9. The van der Waals surface area contributed by atoms with Gasteiger partial charge in [-0.2, -0.15) is 0 Å². The minimum Gasteiger partial charge on any atom is -0.444 e. The molecule has 0 atom stereocenters. The molecule has 0 bridgehead atoms. The Bertz CT molecular complexity index is 536. The number of alkyl halides is 1. The Hall–Kier alpha value is -1.26. The van der Waals surface area contributed by atoms with E-state index >= 15 is 0 Å². The van der Waals surface area contributed by atoms with Crippen LogP contribution in [0.2, 0.25) is 0 Å². The second-order valence-corrected chi connectivity index (χ2v) is 4.85. The molecule has 18 heavy (non-hydrogen) atoms. The number of nitrogens with one attached hydrogen (secondary N) is 1. The van der Waals surface area contributed by atoms with Crippen molar-refractivity contribution in [2.24, 2.45) is 0 Å². The Morgan fingerprint density at radius 1 is 1.22 bits per heavy atom. The molecule has 0 aliphatic rings. The first-order valence-corrected chi connectivity index (χ1v) is 6.73. The average Bonchev–Trinajstić information content (AvgIpc) is 2.79. The molecule has 94 valence electrons. The third-order valence-electron chi connectivity index (χ3n) is 2.39. The molecule has 5 heteroatoms. The van der Waals surface area contributed by atoms with E-state index in [4.69, 9.17) is 16.0 Å². The molecule has 0 unspecified atom stereocenters. The molecule has 3 nitrogen and oxygen atoms in total. The fourth-order valence-corrected chi connectivity index (χ4v) is 2.02. The highest BCUT2D eigenvalue weighted by Gasteiger charge is 2.10. The molecule has 2 rings (SSSR count). The van der Waals surface area contributed by atoms with Gasteiger partial charge in [0.1, 0.15) is 0 Å². The number of amides is 1. The maximum atomic E-state index is 11.8.